The number of hydrogen-bond acceptors (Lipinski definition) is 0. The lowest BCUT2D eigenvalue weighted by Crippen LogP contribution is -2.23. The van der Waals surface area contributed by atoms with Gasteiger partial charge in [-0.15, -0.1) is 0 Å². The average molecular weight is 222 g/mol. The quantitative estimate of drug-likeness (QED) is 0.520. The zero-order valence-corrected chi connectivity index (χ0v) is 11.6. The summed E-state index contributed by atoms with van der Waals surface area (Å²) in [7, 11) is 0. The molecule has 0 aliphatic heterocycles. The molecule has 16 heavy (non-hydrogen) atoms. The van der Waals surface area contributed by atoms with E-state index < -0.39 is 0 Å². The first-order valence-electron chi connectivity index (χ1n) is 7.57. The smallest absolute Gasteiger partial charge is 0.0351 e. The second kappa shape index (κ2) is 5.10. The van der Waals surface area contributed by atoms with Crippen LogP contribution in [0.4, 0.5) is 0 Å². The molecule has 0 saturated heterocycles. The second-order valence-electron chi connectivity index (χ2n) is 7.41. The molecule has 0 spiro atoms. The van der Waals surface area contributed by atoms with Crippen LogP contribution in [-0.4, -0.2) is 0 Å². The molecule has 0 radical (unpaired) electrons. The monoisotopic (exact) mass is 222 g/mol. The van der Waals surface area contributed by atoms with Gasteiger partial charge in [0.1, 0.15) is 0 Å². The minimum atomic E-state index is 0.618. The summed E-state index contributed by atoms with van der Waals surface area (Å²) in [6.07, 6.45) is 13.5. The highest BCUT2D eigenvalue weighted by molar-refractivity contribution is 4.84. The van der Waals surface area contributed by atoms with Crippen LogP contribution < -0.4 is 0 Å². The van der Waals surface area contributed by atoms with Crippen molar-refractivity contribution in [1.82, 2.24) is 0 Å². The summed E-state index contributed by atoms with van der Waals surface area (Å²) in [6, 6.07) is 0. The third-order valence-electron chi connectivity index (χ3n) is 5.15. The lowest BCUT2D eigenvalue weighted by molar-refractivity contribution is 0.170. The lowest BCUT2D eigenvalue weighted by atomic mass is 9.71. The van der Waals surface area contributed by atoms with Gasteiger partial charge in [0, 0.05) is 0 Å². The predicted molar refractivity (Wildman–Crippen MR) is 71.5 cm³/mol. The van der Waals surface area contributed by atoms with Crippen LogP contribution in [0.25, 0.3) is 0 Å². The van der Waals surface area contributed by atoms with E-state index in [9.17, 15) is 0 Å². The molecule has 0 amide bonds. The van der Waals surface area contributed by atoms with Crippen LogP contribution in [0.1, 0.15) is 78.6 Å². The fourth-order valence-electron chi connectivity index (χ4n) is 4.13. The highest BCUT2D eigenvalue weighted by Gasteiger charge is 2.33. The van der Waals surface area contributed by atoms with Crippen LogP contribution in [0.3, 0.4) is 0 Å². The Balaban J connectivity index is 1.99. The molecule has 0 aromatic heterocycles. The molecule has 0 bridgehead atoms. The normalized spacial score (nSPS) is 36.9. The molecule has 2 aliphatic carbocycles. The molecule has 2 rings (SSSR count). The van der Waals surface area contributed by atoms with Crippen molar-refractivity contribution < 1.29 is 0 Å². The van der Waals surface area contributed by atoms with E-state index in [2.05, 4.69) is 20.8 Å². The van der Waals surface area contributed by atoms with Gasteiger partial charge < -0.3 is 0 Å². The standard InChI is InChI=1S/C16H30/c1-13-9-10-16(2,3)12-15(11-13)14-7-5-4-6-8-14/h13-15H,4-12H2,1-3H3. The summed E-state index contributed by atoms with van der Waals surface area (Å²) in [4.78, 5) is 0. The molecule has 0 aromatic carbocycles. The fraction of sp³-hybridized carbons (Fsp3) is 1.00. The van der Waals surface area contributed by atoms with Gasteiger partial charge in [0.05, 0.1) is 0 Å². The van der Waals surface area contributed by atoms with Crippen molar-refractivity contribution in [3.63, 3.8) is 0 Å². The molecule has 0 aromatic rings. The molecular formula is C16H30. The first-order valence-corrected chi connectivity index (χ1v) is 7.57. The van der Waals surface area contributed by atoms with Gasteiger partial charge in [-0.05, 0) is 42.4 Å². The topological polar surface area (TPSA) is 0 Å². The Morgan fingerprint density at radius 3 is 2.25 bits per heavy atom. The summed E-state index contributed by atoms with van der Waals surface area (Å²) in [5.41, 5.74) is 0.618. The Hall–Kier alpha value is 0. The van der Waals surface area contributed by atoms with Crippen LogP contribution in [0.5, 0.6) is 0 Å². The summed E-state index contributed by atoms with van der Waals surface area (Å²) in [5, 5.41) is 0. The summed E-state index contributed by atoms with van der Waals surface area (Å²) < 4.78 is 0. The minimum Gasteiger partial charge on any atom is -0.0625 e. The van der Waals surface area contributed by atoms with E-state index in [0.29, 0.717) is 5.41 Å². The molecular weight excluding hydrogens is 192 g/mol. The Morgan fingerprint density at radius 2 is 1.56 bits per heavy atom. The van der Waals surface area contributed by atoms with Crippen molar-refractivity contribution in [3.8, 4) is 0 Å². The van der Waals surface area contributed by atoms with Crippen molar-refractivity contribution in [2.75, 3.05) is 0 Å². The highest BCUT2D eigenvalue weighted by Crippen LogP contribution is 2.45. The van der Waals surface area contributed by atoms with Gasteiger partial charge >= 0.3 is 0 Å². The van der Waals surface area contributed by atoms with Crippen LogP contribution >= 0.6 is 0 Å². The SMILES string of the molecule is CC1CCC(C)(C)CC(C2CCCCC2)C1. The summed E-state index contributed by atoms with van der Waals surface area (Å²) in [6.45, 7) is 7.49. The van der Waals surface area contributed by atoms with Crippen molar-refractivity contribution >= 4 is 0 Å². The van der Waals surface area contributed by atoms with Crippen molar-refractivity contribution in [3.05, 3.63) is 0 Å². The average Bonchev–Trinajstić information content (AvgIpc) is 2.39. The Morgan fingerprint density at radius 1 is 0.875 bits per heavy atom. The largest absolute Gasteiger partial charge is 0.0625 e. The maximum Gasteiger partial charge on any atom is -0.0351 e. The van der Waals surface area contributed by atoms with Gasteiger partial charge in [0.15, 0.2) is 0 Å². The third-order valence-corrected chi connectivity index (χ3v) is 5.15. The maximum atomic E-state index is 2.50. The maximum absolute atomic E-state index is 2.50. The van der Waals surface area contributed by atoms with Crippen LogP contribution in [0.2, 0.25) is 0 Å². The summed E-state index contributed by atoms with van der Waals surface area (Å²) in [5.74, 6) is 3.11. The van der Waals surface area contributed by atoms with Crippen LogP contribution in [0, 0.1) is 23.2 Å². The van der Waals surface area contributed by atoms with Gasteiger partial charge in [-0.3, -0.25) is 0 Å². The van der Waals surface area contributed by atoms with E-state index in [1.807, 2.05) is 0 Å². The first kappa shape index (κ1) is 12.5. The molecule has 2 saturated carbocycles. The van der Waals surface area contributed by atoms with Crippen molar-refractivity contribution in [2.45, 2.75) is 78.6 Å². The molecule has 2 fully saturated rings. The van der Waals surface area contributed by atoms with Crippen LogP contribution in [-0.2, 0) is 0 Å². The fourth-order valence-corrected chi connectivity index (χ4v) is 4.13. The highest BCUT2D eigenvalue weighted by atomic mass is 14.4. The number of hydrogen-bond donors (Lipinski definition) is 0. The first-order chi connectivity index (χ1) is 7.57. The molecule has 0 N–H and O–H groups in total. The van der Waals surface area contributed by atoms with E-state index >= 15 is 0 Å². The summed E-state index contributed by atoms with van der Waals surface area (Å²) >= 11 is 0. The molecule has 2 atom stereocenters. The van der Waals surface area contributed by atoms with Gasteiger partial charge in [0.2, 0.25) is 0 Å². The van der Waals surface area contributed by atoms with E-state index in [4.69, 9.17) is 0 Å². The van der Waals surface area contributed by atoms with Gasteiger partial charge in [-0.2, -0.15) is 0 Å². The van der Waals surface area contributed by atoms with Gasteiger partial charge in [0.25, 0.3) is 0 Å². The molecule has 2 unspecified atom stereocenters. The third kappa shape index (κ3) is 3.25. The van der Waals surface area contributed by atoms with Crippen molar-refractivity contribution in [2.24, 2.45) is 23.2 Å². The Bertz CT molecular complexity index is 210. The molecule has 0 heterocycles. The van der Waals surface area contributed by atoms with E-state index in [1.165, 1.54) is 57.8 Å². The van der Waals surface area contributed by atoms with Crippen LogP contribution in [0.15, 0.2) is 0 Å². The second-order valence-corrected chi connectivity index (χ2v) is 7.41. The molecule has 0 heteroatoms. The predicted octanol–water partition coefficient (Wildman–Crippen LogP) is 5.42. The number of rotatable bonds is 1. The molecule has 94 valence electrons. The van der Waals surface area contributed by atoms with Gasteiger partial charge in [-0.25, -0.2) is 0 Å². The zero-order valence-electron chi connectivity index (χ0n) is 11.6. The Kier molecular flexibility index (Phi) is 3.97. The lowest BCUT2D eigenvalue weighted by Gasteiger charge is -2.34. The minimum absolute atomic E-state index is 0.618. The molecule has 2 aliphatic rings. The molecule has 0 nitrogen and oxygen atoms in total. The van der Waals surface area contributed by atoms with E-state index in [-0.39, 0.29) is 0 Å². The van der Waals surface area contributed by atoms with E-state index in [0.717, 1.165) is 17.8 Å². The Labute approximate surface area is 102 Å². The zero-order chi connectivity index (χ0) is 11.6. The van der Waals surface area contributed by atoms with Gasteiger partial charge in [-0.1, -0.05) is 59.3 Å². The van der Waals surface area contributed by atoms with Crippen molar-refractivity contribution in [1.29, 1.82) is 0 Å². The van der Waals surface area contributed by atoms with E-state index in [1.54, 1.807) is 0 Å².